The SMILES string of the molecule is CNCCC#Cc1ccc2c(N)n[nH]c2c1. The molecule has 1 aromatic carbocycles. The van der Waals surface area contributed by atoms with E-state index in [0.717, 1.165) is 29.4 Å². The largest absolute Gasteiger partial charge is 0.382 e. The van der Waals surface area contributed by atoms with E-state index in [1.807, 2.05) is 25.2 Å². The number of hydrogen-bond acceptors (Lipinski definition) is 3. The Morgan fingerprint density at radius 3 is 3.19 bits per heavy atom. The van der Waals surface area contributed by atoms with Gasteiger partial charge in [0.05, 0.1) is 5.52 Å². The van der Waals surface area contributed by atoms with Crippen LogP contribution in [0.1, 0.15) is 12.0 Å². The molecule has 16 heavy (non-hydrogen) atoms. The van der Waals surface area contributed by atoms with Crippen molar-refractivity contribution in [1.29, 1.82) is 0 Å². The number of nitrogens with two attached hydrogens (primary N) is 1. The Morgan fingerprint density at radius 1 is 1.50 bits per heavy atom. The number of nitrogens with zero attached hydrogens (tertiary/aromatic N) is 1. The summed E-state index contributed by atoms with van der Waals surface area (Å²) >= 11 is 0. The normalized spacial score (nSPS) is 10.1. The molecule has 0 saturated carbocycles. The van der Waals surface area contributed by atoms with Crippen molar-refractivity contribution in [2.24, 2.45) is 0 Å². The summed E-state index contributed by atoms with van der Waals surface area (Å²) in [4.78, 5) is 0. The van der Waals surface area contributed by atoms with Gasteiger partial charge in [0.2, 0.25) is 0 Å². The first-order valence-electron chi connectivity index (χ1n) is 5.18. The summed E-state index contributed by atoms with van der Waals surface area (Å²) in [5, 5.41) is 10.8. The number of hydrogen-bond donors (Lipinski definition) is 3. The van der Waals surface area contributed by atoms with Gasteiger partial charge in [-0.3, -0.25) is 5.10 Å². The Kier molecular flexibility index (Phi) is 3.08. The monoisotopic (exact) mass is 214 g/mol. The van der Waals surface area contributed by atoms with Crippen molar-refractivity contribution in [2.45, 2.75) is 6.42 Å². The summed E-state index contributed by atoms with van der Waals surface area (Å²) in [6, 6.07) is 5.86. The fourth-order valence-electron chi connectivity index (χ4n) is 1.47. The molecule has 2 rings (SSSR count). The fourth-order valence-corrected chi connectivity index (χ4v) is 1.47. The van der Waals surface area contributed by atoms with Gasteiger partial charge in [0.15, 0.2) is 5.82 Å². The first kappa shape index (κ1) is 10.5. The van der Waals surface area contributed by atoms with Crippen LogP contribution in [0.3, 0.4) is 0 Å². The van der Waals surface area contributed by atoms with Gasteiger partial charge in [0.25, 0.3) is 0 Å². The van der Waals surface area contributed by atoms with Crippen molar-refractivity contribution >= 4 is 16.7 Å². The van der Waals surface area contributed by atoms with Gasteiger partial charge in [-0.2, -0.15) is 5.10 Å². The maximum Gasteiger partial charge on any atom is 0.153 e. The van der Waals surface area contributed by atoms with Gasteiger partial charge in [0.1, 0.15) is 0 Å². The number of anilines is 1. The van der Waals surface area contributed by atoms with Crippen LogP contribution in [0.15, 0.2) is 18.2 Å². The molecule has 1 heterocycles. The molecule has 1 aromatic heterocycles. The van der Waals surface area contributed by atoms with E-state index < -0.39 is 0 Å². The molecular weight excluding hydrogens is 200 g/mol. The van der Waals surface area contributed by atoms with Crippen LogP contribution in [-0.2, 0) is 0 Å². The molecule has 0 saturated heterocycles. The third-order valence-corrected chi connectivity index (χ3v) is 2.33. The average Bonchev–Trinajstić information content (AvgIpc) is 2.66. The van der Waals surface area contributed by atoms with Crippen LogP contribution in [0.25, 0.3) is 10.9 Å². The Morgan fingerprint density at radius 2 is 2.38 bits per heavy atom. The molecule has 0 atom stereocenters. The lowest BCUT2D eigenvalue weighted by atomic mass is 10.1. The number of nitrogen functional groups attached to an aromatic ring is 1. The summed E-state index contributed by atoms with van der Waals surface area (Å²) in [7, 11) is 1.92. The number of aromatic amines is 1. The molecule has 4 heteroatoms. The molecule has 0 spiro atoms. The van der Waals surface area contributed by atoms with Crippen LogP contribution in [0.2, 0.25) is 0 Å². The highest BCUT2D eigenvalue weighted by atomic mass is 15.1. The molecule has 0 radical (unpaired) electrons. The van der Waals surface area contributed by atoms with Crippen molar-refractivity contribution < 1.29 is 0 Å². The second-order valence-corrected chi connectivity index (χ2v) is 3.52. The van der Waals surface area contributed by atoms with E-state index in [0.29, 0.717) is 5.82 Å². The first-order valence-corrected chi connectivity index (χ1v) is 5.18. The van der Waals surface area contributed by atoms with Crippen LogP contribution in [0.5, 0.6) is 0 Å². The van der Waals surface area contributed by atoms with E-state index in [9.17, 15) is 0 Å². The second-order valence-electron chi connectivity index (χ2n) is 3.52. The third-order valence-electron chi connectivity index (χ3n) is 2.33. The molecule has 0 amide bonds. The first-order chi connectivity index (χ1) is 7.81. The summed E-state index contributed by atoms with van der Waals surface area (Å²) < 4.78 is 0. The van der Waals surface area contributed by atoms with E-state index in [1.54, 1.807) is 0 Å². The lowest BCUT2D eigenvalue weighted by Crippen LogP contribution is -2.05. The molecule has 0 aliphatic carbocycles. The zero-order chi connectivity index (χ0) is 11.4. The van der Waals surface area contributed by atoms with Crippen molar-refractivity contribution in [1.82, 2.24) is 15.5 Å². The highest BCUT2D eigenvalue weighted by Gasteiger charge is 2.00. The van der Waals surface area contributed by atoms with Crippen molar-refractivity contribution in [3.8, 4) is 11.8 Å². The van der Waals surface area contributed by atoms with Gasteiger partial charge in [0, 0.05) is 23.9 Å². The van der Waals surface area contributed by atoms with Gasteiger partial charge in [-0.25, -0.2) is 0 Å². The van der Waals surface area contributed by atoms with E-state index in [-0.39, 0.29) is 0 Å². The van der Waals surface area contributed by atoms with Crippen LogP contribution < -0.4 is 11.1 Å². The molecule has 0 aliphatic rings. The minimum Gasteiger partial charge on any atom is -0.382 e. The number of H-pyrrole nitrogens is 1. The molecule has 2 aromatic rings. The van der Waals surface area contributed by atoms with Gasteiger partial charge in [-0.15, -0.1) is 0 Å². The fraction of sp³-hybridized carbons (Fsp3) is 0.250. The molecule has 0 unspecified atom stereocenters. The Balaban J connectivity index is 2.21. The summed E-state index contributed by atoms with van der Waals surface area (Å²) in [5.41, 5.74) is 7.59. The molecule has 0 fully saturated rings. The predicted molar refractivity (Wildman–Crippen MR) is 65.9 cm³/mol. The van der Waals surface area contributed by atoms with E-state index in [1.165, 1.54) is 0 Å². The molecule has 4 nitrogen and oxygen atoms in total. The third kappa shape index (κ3) is 2.15. The van der Waals surface area contributed by atoms with Gasteiger partial charge < -0.3 is 11.1 Å². The molecule has 0 aliphatic heterocycles. The summed E-state index contributed by atoms with van der Waals surface area (Å²) in [5.74, 6) is 6.73. The number of aromatic nitrogens is 2. The molecular formula is C12H14N4. The lowest BCUT2D eigenvalue weighted by Gasteiger charge is -1.92. The summed E-state index contributed by atoms with van der Waals surface area (Å²) in [6.07, 6.45) is 0.847. The Bertz CT molecular complexity index is 545. The zero-order valence-corrected chi connectivity index (χ0v) is 9.17. The van der Waals surface area contributed by atoms with Crippen LogP contribution in [0, 0.1) is 11.8 Å². The second kappa shape index (κ2) is 4.69. The van der Waals surface area contributed by atoms with Crippen LogP contribution in [-0.4, -0.2) is 23.8 Å². The van der Waals surface area contributed by atoms with Crippen LogP contribution >= 0.6 is 0 Å². The smallest absolute Gasteiger partial charge is 0.153 e. The lowest BCUT2D eigenvalue weighted by molar-refractivity contribution is 0.818. The average molecular weight is 214 g/mol. The molecule has 82 valence electrons. The highest BCUT2D eigenvalue weighted by Crippen LogP contribution is 2.18. The Hall–Kier alpha value is -1.99. The van der Waals surface area contributed by atoms with Gasteiger partial charge >= 0.3 is 0 Å². The van der Waals surface area contributed by atoms with E-state index in [2.05, 4.69) is 27.4 Å². The van der Waals surface area contributed by atoms with E-state index >= 15 is 0 Å². The maximum atomic E-state index is 5.68. The van der Waals surface area contributed by atoms with Crippen molar-refractivity contribution in [3.05, 3.63) is 23.8 Å². The van der Waals surface area contributed by atoms with Gasteiger partial charge in [-0.05, 0) is 25.2 Å². The standard InChI is InChI=1S/C12H14N4/c1-14-7-3-2-4-9-5-6-10-11(8-9)15-16-12(10)13/h5-6,8,14H,3,7H2,1H3,(H3,13,15,16). The maximum absolute atomic E-state index is 5.68. The van der Waals surface area contributed by atoms with Gasteiger partial charge in [-0.1, -0.05) is 11.8 Å². The predicted octanol–water partition coefficient (Wildman–Crippen LogP) is 1.11. The summed E-state index contributed by atoms with van der Waals surface area (Å²) in [6.45, 7) is 0.909. The van der Waals surface area contributed by atoms with E-state index in [4.69, 9.17) is 5.73 Å². The Labute approximate surface area is 94.2 Å². The quantitative estimate of drug-likeness (QED) is 0.518. The number of rotatable bonds is 2. The van der Waals surface area contributed by atoms with Crippen molar-refractivity contribution in [2.75, 3.05) is 19.3 Å². The molecule has 0 bridgehead atoms. The number of fused-ring (bicyclic) bond motifs is 1. The van der Waals surface area contributed by atoms with Crippen LogP contribution in [0.4, 0.5) is 5.82 Å². The minimum absolute atomic E-state index is 0.532. The van der Waals surface area contributed by atoms with Crippen molar-refractivity contribution in [3.63, 3.8) is 0 Å². The topological polar surface area (TPSA) is 66.7 Å². The highest BCUT2D eigenvalue weighted by molar-refractivity contribution is 5.89. The number of benzene rings is 1. The number of nitrogens with one attached hydrogen (secondary N) is 2. The molecule has 4 N–H and O–H groups in total. The minimum atomic E-state index is 0.532. The zero-order valence-electron chi connectivity index (χ0n) is 9.17.